The van der Waals surface area contributed by atoms with E-state index in [0.29, 0.717) is 5.69 Å². The predicted octanol–water partition coefficient (Wildman–Crippen LogP) is 0.924. The van der Waals surface area contributed by atoms with Crippen LogP contribution in [0.1, 0.15) is 6.42 Å². The van der Waals surface area contributed by atoms with Crippen LogP contribution in [0.25, 0.3) is 5.69 Å². The molecule has 0 spiro atoms. The van der Waals surface area contributed by atoms with Crippen molar-refractivity contribution in [1.29, 1.82) is 0 Å². The summed E-state index contributed by atoms with van der Waals surface area (Å²) in [5.41, 5.74) is 1.39. The van der Waals surface area contributed by atoms with E-state index in [-0.39, 0.29) is 6.54 Å². The van der Waals surface area contributed by atoms with Crippen molar-refractivity contribution < 1.29 is 18.4 Å². The Balaban J connectivity index is 1.47. The molecule has 0 saturated carbocycles. The Morgan fingerprint density at radius 2 is 2.08 bits per heavy atom. The van der Waals surface area contributed by atoms with Crippen LogP contribution in [0.2, 0.25) is 0 Å². The molecule has 0 aliphatic carbocycles. The average Bonchev–Trinajstić information content (AvgIpc) is 3.23. The van der Waals surface area contributed by atoms with Gasteiger partial charge in [-0.1, -0.05) is 0 Å². The zero-order valence-corrected chi connectivity index (χ0v) is 13.2. The fourth-order valence-electron chi connectivity index (χ4n) is 2.52. The van der Waals surface area contributed by atoms with E-state index in [2.05, 4.69) is 21.0 Å². The van der Waals surface area contributed by atoms with Crippen LogP contribution in [0.5, 0.6) is 0 Å². The summed E-state index contributed by atoms with van der Waals surface area (Å²) in [6, 6.07) is 7.80. The molecule has 7 nitrogen and oxygen atoms in total. The summed E-state index contributed by atoms with van der Waals surface area (Å²) in [5.74, 6) is -3.94. The first kappa shape index (κ1) is 17.0. The number of rotatable bonds is 5. The minimum absolute atomic E-state index is 0.288. The molecule has 9 heteroatoms. The Bertz CT molecular complexity index is 746. The van der Waals surface area contributed by atoms with Crippen LogP contribution >= 0.6 is 0 Å². The number of alkyl halides is 2. The SMILES string of the molecule is O=C(CNC(=O)C1CC(F)(F)CN1)Nc1ccc(-n2cccn2)cc1. The van der Waals surface area contributed by atoms with E-state index < -0.39 is 36.7 Å². The monoisotopic (exact) mass is 349 g/mol. The lowest BCUT2D eigenvalue weighted by Gasteiger charge is -2.11. The highest BCUT2D eigenvalue weighted by Crippen LogP contribution is 2.24. The van der Waals surface area contributed by atoms with E-state index in [1.54, 1.807) is 47.4 Å². The lowest BCUT2D eigenvalue weighted by atomic mass is 10.2. The predicted molar refractivity (Wildman–Crippen MR) is 86.6 cm³/mol. The van der Waals surface area contributed by atoms with E-state index in [9.17, 15) is 18.4 Å². The van der Waals surface area contributed by atoms with Gasteiger partial charge in [-0.05, 0) is 30.3 Å². The van der Waals surface area contributed by atoms with Crippen LogP contribution in [0.3, 0.4) is 0 Å². The normalized spacial score (nSPS) is 18.7. The molecule has 2 heterocycles. The van der Waals surface area contributed by atoms with Crippen LogP contribution in [0.4, 0.5) is 14.5 Å². The Kier molecular flexibility index (Phi) is 4.75. The van der Waals surface area contributed by atoms with Crippen LogP contribution in [-0.2, 0) is 9.59 Å². The van der Waals surface area contributed by atoms with Crippen molar-refractivity contribution in [3.63, 3.8) is 0 Å². The second-order valence-corrected chi connectivity index (χ2v) is 5.76. The maximum absolute atomic E-state index is 13.0. The average molecular weight is 349 g/mol. The molecule has 0 bridgehead atoms. The number of carbonyl (C=O) groups excluding carboxylic acids is 2. The number of amides is 2. The fourth-order valence-corrected chi connectivity index (χ4v) is 2.52. The molecule has 1 aromatic heterocycles. The van der Waals surface area contributed by atoms with E-state index in [4.69, 9.17) is 0 Å². The summed E-state index contributed by atoms with van der Waals surface area (Å²) in [5, 5.41) is 11.5. The summed E-state index contributed by atoms with van der Waals surface area (Å²) in [4.78, 5) is 23.6. The minimum atomic E-state index is -2.89. The number of carbonyl (C=O) groups is 2. The highest BCUT2D eigenvalue weighted by atomic mass is 19.3. The molecule has 1 aliphatic heterocycles. The van der Waals surface area contributed by atoms with Gasteiger partial charge in [0.2, 0.25) is 11.8 Å². The lowest BCUT2D eigenvalue weighted by Crippen LogP contribution is -2.43. The first-order valence-electron chi connectivity index (χ1n) is 7.72. The van der Waals surface area contributed by atoms with Gasteiger partial charge < -0.3 is 10.6 Å². The molecule has 0 radical (unpaired) electrons. The van der Waals surface area contributed by atoms with E-state index in [1.807, 2.05) is 0 Å². The Morgan fingerprint density at radius 3 is 2.68 bits per heavy atom. The zero-order valence-electron chi connectivity index (χ0n) is 13.2. The molecule has 3 N–H and O–H groups in total. The number of anilines is 1. The molecule has 1 aromatic carbocycles. The summed E-state index contributed by atoms with van der Waals surface area (Å²) in [7, 11) is 0. The molecular formula is C16H17F2N5O2. The van der Waals surface area contributed by atoms with Gasteiger partial charge in [0, 0.05) is 24.5 Å². The molecule has 2 amide bonds. The van der Waals surface area contributed by atoms with Gasteiger partial charge in [-0.2, -0.15) is 5.10 Å². The highest BCUT2D eigenvalue weighted by molar-refractivity contribution is 5.95. The lowest BCUT2D eigenvalue weighted by molar-refractivity contribution is -0.125. The number of hydrogen-bond acceptors (Lipinski definition) is 4. The third-order valence-electron chi connectivity index (χ3n) is 3.77. The van der Waals surface area contributed by atoms with Crippen LogP contribution in [-0.4, -0.2) is 46.6 Å². The number of nitrogens with zero attached hydrogens (tertiary/aromatic N) is 2. The molecule has 1 atom stereocenters. The molecule has 1 fully saturated rings. The molecule has 1 unspecified atom stereocenters. The summed E-state index contributed by atoms with van der Waals surface area (Å²) >= 11 is 0. The van der Waals surface area contributed by atoms with Crippen LogP contribution < -0.4 is 16.0 Å². The molecular weight excluding hydrogens is 332 g/mol. The maximum atomic E-state index is 13.0. The Morgan fingerprint density at radius 1 is 1.32 bits per heavy atom. The first-order valence-corrected chi connectivity index (χ1v) is 7.72. The quantitative estimate of drug-likeness (QED) is 0.749. The number of nitrogens with one attached hydrogen (secondary N) is 3. The molecule has 25 heavy (non-hydrogen) atoms. The van der Waals surface area contributed by atoms with E-state index in [1.165, 1.54) is 0 Å². The van der Waals surface area contributed by atoms with Crippen molar-refractivity contribution in [1.82, 2.24) is 20.4 Å². The number of halogens is 2. The Labute approximate surface area is 142 Å². The van der Waals surface area contributed by atoms with Gasteiger partial charge >= 0.3 is 0 Å². The molecule has 3 rings (SSSR count). The van der Waals surface area contributed by atoms with E-state index >= 15 is 0 Å². The van der Waals surface area contributed by atoms with E-state index in [0.717, 1.165) is 5.69 Å². The molecule has 1 aliphatic rings. The second-order valence-electron chi connectivity index (χ2n) is 5.76. The van der Waals surface area contributed by atoms with Gasteiger partial charge in [-0.25, -0.2) is 13.5 Å². The van der Waals surface area contributed by atoms with Crippen LogP contribution in [0, 0.1) is 0 Å². The largest absolute Gasteiger partial charge is 0.346 e. The van der Waals surface area contributed by atoms with Crippen molar-refractivity contribution in [2.45, 2.75) is 18.4 Å². The van der Waals surface area contributed by atoms with Crippen LogP contribution in [0.15, 0.2) is 42.7 Å². The minimum Gasteiger partial charge on any atom is -0.346 e. The topological polar surface area (TPSA) is 88.0 Å². The molecule has 2 aromatic rings. The molecule has 132 valence electrons. The second kappa shape index (κ2) is 6.98. The third-order valence-corrected chi connectivity index (χ3v) is 3.77. The number of hydrogen-bond donors (Lipinski definition) is 3. The smallest absolute Gasteiger partial charge is 0.262 e. The summed E-state index contributed by atoms with van der Waals surface area (Å²) in [6.45, 7) is -0.816. The van der Waals surface area contributed by atoms with Gasteiger partial charge in [0.1, 0.15) is 0 Å². The number of benzene rings is 1. The maximum Gasteiger partial charge on any atom is 0.262 e. The summed E-state index contributed by atoms with van der Waals surface area (Å²) < 4.78 is 27.8. The van der Waals surface area contributed by atoms with Crippen molar-refractivity contribution in [2.75, 3.05) is 18.4 Å². The van der Waals surface area contributed by atoms with Crippen molar-refractivity contribution in [2.24, 2.45) is 0 Å². The standard InChI is InChI=1S/C16H17F2N5O2/c17-16(18)8-13(20-10-16)15(25)19-9-14(24)22-11-2-4-12(5-3-11)23-7-1-6-21-23/h1-7,13,20H,8-10H2,(H,19,25)(H,22,24). The van der Waals surface area contributed by atoms with Gasteiger partial charge in [0.15, 0.2) is 0 Å². The van der Waals surface area contributed by atoms with Gasteiger partial charge in [0.05, 0.1) is 24.8 Å². The van der Waals surface area contributed by atoms with Crippen molar-refractivity contribution in [3.05, 3.63) is 42.7 Å². The van der Waals surface area contributed by atoms with Gasteiger partial charge in [-0.15, -0.1) is 0 Å². The molecule has 1 saturated heterocycles. The zero-order chi connectivity index (χ0) is 17.9. The summed E-state index contributed by atoms with van der Waals surface area (Å²) in [6.07, 6.45) is 2.90. The van der Waals surface area contributed by atoms with Gasteiger partial charge in [0.25, 0.3) is 5.92 Å². The van der Waals surface area contributed by atoms with Gasteiger partial charge in [-0.3, -0.25) is 14.9 Å². The van der Waals surface area contributed by atoms with Crippen molar-refractivity contribution >= 4 is 17.5 Å². The fraction of sp³-hybridized carbons (Fsp3) is 0.312. The van der Waals surface area contributed by atoms with Crippen molar-refractivity contribution in [3.8, 4) is 5.69 Å². The highest BCUT2D eigenvalue weighted by Gasteiger charge is 2.42. The third kappa shape index (κ3) is 4.38. The Hall–Kier alpha value is -2.81. The number of aromatic nitrogens is 2. The first-order chi connectivity index (χ1) is 11.9.